The predicted octanol–water partition coefficient (Wildman–Crippen LogP) is 2.54. The molecular formula is C14H13FN2O. The molecule has 18 heavy (non-hydrogen) atoms. The normalized spacial score (nSPS) is 10.1. The van der Waals surface area contributed by atoms with Crippen LogP contribution in [0.1, 0.15) is 15.9 Å². The largest absolute Gasteiger partial charge is 0.380 e. The summed E-state index contributed by atoms with van der Waals surface area (Å²) in [6.45, 7) is 0.505. The lowest BCUT2D eigenvalue weighted by atomic mass is 10.1. The summed E-state index contributed by atoms with van der Waals surface area (Å²) in [6.07, 6.45) is 0. The quantitative estimate of drug-likeness (QED) is 0.868. The van der Waals surface area contributed by atoms with Crippen molar-refractivity contribution in [3.05, 3.63) is 65.5 Å². The minimum absolute atomic E-state index is 0.103. The van der Waals surface area contributed by atoms with Gasteiger partial charge < -0.3 is 11.1 Å². The van der Waals surface area contributed by atoms with Gasteiger partial charge >= 0.3 is 0 Å². The van der Waals surface area contributed by atoms with Crippen molar-refractivity contribution in [2.45, 2.75) is 6.54 Å². The molecule has 2 aromatic rings. The van der Waals surface area contributed by atoms with Crippen molar-refractivity contribution in [3.8, 4) is 0 Å². The van der Waals surface area contributed by atoms with Crippen LogP contribution in [-0.4, -0.2) is 5.91 Å². The zero-order valence-electron chi connectivity index (χ0n) is 9.69. The van der Waals surface area contributed by atoms with E-state index >= 15 is 0 Å². The van der Waals surface area contributed by atoms with Crippen molar-refractivity contribution in [1.82, 2.24) is 0 Å². The second-order valence-electron chi connectivity index (χ2n) is 3.87. The Labute approximate surface area is 104 Å². The van der Waals surface area contributed by atoms with E-state index in [0.717, 1.165) is 5.56 Å². The molecule has 0 aliphatic carbocycles. The zero-order chi connectivity index (χ0) is 13.0. The summed E-state index contributed by atoms with van der Waals surface area (Å²) in [5.41, 5.74) is 6.51. The maximum Gasteiger partial charge on any atom is 0.253 e. The molecule has 0 bridgehead atoms. The predicted molar refractivity (Wildman–Crippen MR) is 68.7 cm³/mol. The smallest absolute Gasteiger partial charge is 0.253 e. The van der Waals surface area contributed by atoms with Gasteiger partial charge in [0.1, 0.15) is 5.82 Å². The molecule has 0 atom stereocenters. The van der Waals surface area contributed by atoms with Crippen molar-refractivity contribution in [1.29, 1.82) is 0 Å². The van der Waals surface area contributed by atoms with Gasteiger partial charge in [-0.1, -0.05) is 36.4 Å². The molecule has 3 nitrogen and oxygen atoms in total. The summed E-state index contributed by atoms with van der Waals surface area (Å²) >= 11 is 0. The first kappa shape index (κ1) is 12.1. The Hall–Kier alpha value is -2.36. The fourth-order valence-corrected chi connectivity index (χ4v) is 1.72. The summed E-state index contributed by atoms with van der Waals surface area (Å²) in [4.78, 5) is 11.2. The zero-order valence-corrected chi connectivity index (χ0v) is 9.69. The first-order valence-corrected chi connectivity index (χ1v) is 5.54. The average molecular weight is 244 g/mol. The minimum atomic E-state index is -0.774. The van der Waals surface area contributed by atoms with Gasteiger partial charge in [-0.2, -0.15) is 0 Å². The van der Waals surface area contributed by atoms with Crippen molar-refractivity contribution in [3.63, 3.8) is 0 Å². The van der Waals surface area contributed by atoms with Crippen molar-refractivity contribution in [2.75, 3.05) is 5.32 Å². The number of hydrogen-bond acceptors (Lipinski definition) is 2. The van der Waals surface area contributed by atoms with E-state index in [4.69, 9.17) is 5.73 Å². The van der Waals surface area contributed by atoms with Crippen molar-refractivity contribution < 1.29 is 9.18 Å². The van der Waals surface area contributed by atoms with Crippen LogP contribution >= 0.6 is 0 Å². The van der Waals surface area contributed by atoms with Gasteiger partial charge in [-0.3, -0.25) is 4.79 Å². The molecule has 0 aliphatic heterocycles. The van der Waals surface area contributed by atoms with E-state index < -0.39 is 11.7 Å². The van der Waals surface area contributed by atoms with E-state index in [1.165, 1.54) is 12.1 Å². The number of hydrogen-bond donors (Lipinski definition) is 2. The molecular weight excluding hydrogens is 231 g/mol. The summed E-state index contributed by atoms with van der Waals surface area (Å²) in [5, 5.41) is 3.01. The minimum Gasteiger partial charge on any atom is -0.380 e. The fourth-order valence-electron chi connectivity index (χ4n) is 1.72. The van der Waals surface area contributed by atoms with E-state index in [2.05, 4.69) is 5.32 Å². The van der Waals surface area contributed by atoms with Gasteiger partial charge in [0, 0.05) is 6.54 Å². The Morgan fingerprint density at radius 2 is 1.83 bits per heavy atom. The molecule has 0 saturated carbocycles. The van der Waals surface area contributed by atoms with E-state index in [1.54, 1.807) is 6.07 Å². The molecule has 0 aliphatic rings. The average Bonchev–Trinajstić information content (AvgIpc) is 2.37. The fraction of sp³-hybridized carbons (Fsp3) is 0.0714. The molecule has 0 heterocycles. The van der Waals surface area contributed by atoms with E-state index in [9.17, 15) is 9.18 Å². The van der Waals surface area contributed by atoms with Gasteiger partial charge in [-0.25, -0.2) is 4.39 Å². The van der Waals surface area contributed by atoms with Crippen LogP contribution in [0.15, 0.2) is 48.5 Å². The number of benzene rings is 2. The monoisotopic (exact) mass is 244 g/mol. The van der Waals surface area contributed by atoms with Gasteiger partial charge in [0.15, 0.2) is 0 Å². The second kappa shape index (κ2) is 5.31. The topological polar surface area (TPSA) is 55.1 Å². The highest BCUT2D eigenvalue weighted by molar-refractivity contribution is 5.98. The third-order valence-electron chi connectivity index (χ3n) is 2.59. The lowest BCUT2D eigenvalue weighted by molar-refractivity contribution is 0.0997. The van der Waals surface area contributed by atoms with Crippen LogP contribution < -0.4 is 11.1 Å². The number of carbonyl (C=O) groups is 1. The standard InChI is InChI=1S/C14H13FN2O/c15-11-7-4-8-12(13(11)14(16)18)17-9-10-5-2-1-3-6-10/h1-8,17H,9H2,(H2,16,18). The van der Waals surface area contributed by atoms with Crippen LogP contribution in [0.2, 0.25) is 0 Å². The SMILES string of the molecule is NC(=O)c1c(F)cccc1NCc1ccccc1. The Kier molecular flexibility index (Phi) is 3.57. The van der Waals surface area contributed by atoms with Crippen LogP contribution in [0.25, 0.3) is 0 Å². The highest BCUT2D eigenvalue weighted by atomic mass is 19.1. The number of amides is 1. The molecule has 92 valence electrons. The number of anilines is 1. The van der Waals surface area contributed by atoms with Gasteiger partial charge in [0.2, 0.25) is 0 Å². The molecule has 1 amide bonds. The van der Waals surface area contributed by atoms with Crippen LogP contribution in [0.3, 0.4) is 0 Å². The highest BCUT2D eigenvalue weighted by Crippen LogP contribution is 2.19. The molecule has 0 unspecified atom stereocenters. The lowest BCUT2D eigenvalue weighted by Gasteiger charge is -2.10. The Morgan fingerprint density at radius 3 is 2.50 bits per heavy atom. The molecule has 4 heteroatoms. The molecule has 2 aromatic carbocycles. The summed E-state index contributed by atoms with van der Waals surface area (Å²) < 4.78 is 13.5. The molecule has 2 rings (SSSR count). The van der Waals surface area contributed by atoms with Crippen molar-refractivity contribution >= 4 is 11.6 Å². The van der Waals surface area contributed by atoms with Crippen LogP contribution in [0.4, 0.5) is 10.1 Å². The number of primary amides is 1. The second-order valence-corrected chi connectivity index (χ2v) is 3.87. The van der Waals surface area contributed by atoms with Crippen molar-refractivity contribution in [2.24, 2.45) is 5.73 Å². The number of nitrogens with one attached hydrogen (secondary N) is 1. The molecule has 3 N–H and O–H groups in total. The van der Waals surface area contributed by atoms with E-state index in [0.29, 0.717) is 12.2 Å². The maximum absolute atomic E-state index is 13.5. The first-order chi connectivity index (χ1) is 8.68. The van der Waals surface area contributed by atoms with Crippen LogP contribution in [0, 0.1) is 5.82 Å². The van der Waals surface area contributed by atoms with Gasteiger partial charge in [0.05, 0.1) is 11.3 Å². The summed E-state index contributed by atoms with van der Waals surface area (Å²) in [7, 11) is 0. The van der Waals surface area contributed by atoms with Crippen LogP contribution in [0.5, 0.6) is 0 Å². The van der Waals surface area contributed by atoms with Gasteiger partial charge in [0.25, 0.3) is 5.91 Å². The molecule has 0 spiro atoms. The first-order valence-electron chi connectivity index (χ1n) is 5.54. The Morgan fingerprint density at radius 1 is 1.11 bits per heavy atom. The number of nitrogens with two attached hydrogens (primary N) is 1. The van der Waals surface area contributed by atoms with E-state index in [1.807, 2.05) is 30.3 Å². The number of carbonyl (C=O) groups excluding carboxylic acids is 1. The Balaban J connectivity index is 2.20. The van der Waals surface area contributed by atoms with Gasteiger partial charge in [-0.05, 0) is 17.7 Å². The summed E-state index contributed by atoms with van der Waals surface area (Å²) in [6, 6.07) is 14.0. The highest BCUT2D eigenvalue weighted by Gasteiger charge is 2.13. The lowest BCUT2D eigenvalue weighted by Crippen LogP contribution is -2.16. The van der Waals surface area contributed by atoms with E-state index in [-0.39, 0.29) is 5.56 Å². The number of rotatable bonds is 4. The Bertz CT molecular complexity index is 555. The maximum atomic E-state index is 13.5. The molecule has 0 radical (unpaired) electrons. The van der Waals surface area contributed by atoms with Crippen LogP contribution in [-0.2, 0) is 6.54 Å². The molecule has 0 aromatic heterocycles. The molecule has 0 fully saturated rings. The number of halogens is 1. The van der Waals surface area contributed by atoms with Gasteiger partial charge in [-0.15, -0.1) is 0 Å². The molecule has 0 saturated heterocycles. The summed E-state index contributed by atoms with van der Waals surface area (Å²) in [5.74, 6) is -1.38. The third-order valence-corrected chi connectivity index (χ3v) is 2.59. The third kappa shape index (κ3) is 2.66.